The third-order valence-electron chi connectivity index (χ3n) is 4.70. The normalized spacial score (nSPS) is 19.7. The van der Waals surface area contributed by atoms with Crippen molar-refractivity contribution in [1.29, 1.82) is 0 Å². The van der Waals surface area contributed by atoms with Gasteiger partial charge in [-0.2, -0.15) is 16.8 Å². The van der Waals surface area contributed by atoms with Gasteiger partial charge >= 0.3 is 0 Å². The number of benzene rings is 2. The predicted molar refractivity (Wildman–Crippen MR) is 145 cm³/mol. The van der Waals surface area contributed by atoms with Crippen LogP contribution in [0, 0.1) is 0 Å². The number of ether oxygens (including phenoxy) is 2. The second kappa shape index (κ2) is 11.2. The van der Waals surface area contributed by atoms with Gasteiger partial charge in [-0.3, -0.25) is 0 Å². The van der Waals surface area contributed by atoms with Crippen molar-refractivity contribution in [2.24, 2.45) is 0 Å². The van der Waals surface area contributed by atoms with Gasteiger partial charge in [0.05, 0.1) is 24.0 Å². The summed E-state index contributed by atoms with van der Waals surface area (Å²) in [4.78, 5) is 2.66. The summed E-state index contributed by atoms with van der Waals surface area (Å²) >= 11 is 0. The van der Waals surface area contributed by atoms with Gasteiger partial charge in [-0.25, -0.2) is 0 Å². The van der Waals surface area contributed by atoms with E-state index in [9.17, 15) is 16.8 Å². The number of rotatable bonds is 7. The molecule has 0 aliphatic carbocycles. The average Bonchev–Trinajstić information content (AvgIpc) is 3.42. The van der Waals surface area contributed by atoms with Crippen molar-refractivity contribution >= 4 is 68.8 Å². The lowest BCUT2D eigenvalue weighted by molar-refractivity contribution is 0.307. The summed E-state index contributed by atoms with van der Waals surface area (Å²) in [6.45, 7) is 0. The fraction of sp³-hybridized carbons (Fsp3) is 0.0909. The topological polar surface area (TPSA) is 86.7 Å². The maximum atomic E-state index is 12.1. The molecule has 2 aromatic carbocycles. The van der Waals surface area contributed by atoms with E-state index in [4.69, 9.17) is 9.47 Å². The fourth-order valence-corrected chi connectivity index (χ4v) is 13.0. The molecule has 0 bridgehead atoms. The van der Waals surface area contributed by atoms with Gasteiger partial charge in [0, 0.05) is 20.6 Å². The van der Waals surface area contributed by atoms with Gasteiger partial charge in [0.15, 0.2) is 0 Å². The molecule has 178 valence electrons. The highest BCUT2D eigenvalue weighted by molar-refractivity contribution is 8.80. The Hall–Kier alpha value is -1.96. The molecule has 0 fully saturated rings. The molecule has 0 saturated heterocycles. The van der Waals surface area contributed by atoms with E-state index in [-0.39, 0.29) is 0 Å². The van der Waals surface area contributed by atoms with Gasteiger partial charge in [-0.1, -0.05) is 60.7 Å². The maximum Gasteiger partial charge on any atom is 0.249 e. The summed E-state index contributed by atoms with van der Waals surface area (Å²) in [7, 11) is -1.43. The van der Waals surface area contributed by atoms with E-state index in [1.54, 1.807) is 10.8 Å². The van der Waals surface area contributed by atoms with Crippen molar-refractivity contribution in [1.82, 2.24) is 0 Å². The molecule has 0 amide bonds. The largest absolute Gasteiger partial charge is 0.495 e. The van der Waals surface area contributed by atoms with Crippen LogP contribution >= 0.6 is 21.6 Å². The van der Waals surface area contributed by atoms with E-state index in [1.807, 2.05) is 60.7 Å². The first-order valence-corrected chi connectivity index (χ1v) is 17.5. The standard InChI is InChI=1S/C22H18O6S6/c1-27-17-13-31(33(23)24)21(15-9-5-3-6-10-15)19(17)29-30-20-18(28-2)14-32(34(25)26)22(20)16-11-7-4-8-12-16/h3-14H,1-2H3. The zero-order valence-electron chi connectivity index (χ0n) is 17.8. The predicted octanol–water partition coefficient (Wildman–Crippen LogP) is 4.93. The SMILES string of the molecule is COC1=CS(=S(=O)=O)C(c2ccccc2)=C1SSC1=C(c2ccccc2)S(=S(=O)=O)C=C1OC. The highest BCUT2D eigenvalue weighted by atomic mass is 33.1. The van der Waals surface area contributed by atoms with Gasteiger partial charge in [0.2, 0.25) is 18.5 Å². The number of hydrogen-bond acceptors (Lipinski definition) is 8. The summed E-state index contributed by atoms with van der Waals surface area (Å²) < 4.78 is 59.3. The highest BCUT2D eigenvalue weighted by Gasteiger charge is 2.31. The minimum absolute atomic E-state index is 0.470. The summed E-state index contributed by atoms with van der Waals surface area (Å²) in [6.07, 6.45) is 0. The van der Waals surface area contributed by atoms with Crippen LogP contribution in [0.4, 0.5) is 0 Å². The molecule has 2 heterocycles. The Morgan fingerprint density at radius 1 is 0.618 bits per heavy atom. The Labute approximate surface area is 212 Å². The second-order valence-corrected chi connectivity index (χ2v) is 15.8. The van der Waals surface area contributed by atoms with Crippen LogP contribution in [-0.4, -0.2) is 31.1 Å². The van der Waals surface area contributed by atoms with E-state index in [1.165, 1.54) is 35.8 Å². The number of hydrogen-bond donors (Lipinski definition) is 0. The third-order valence-corrected chi connectivity index (χ3v) is 13.9. The first-order valence-electron chi connectivity index (χ1n) is 9.58. The monoisotopic (exact) mass is 570 g/mol. The molecular formula is C22H18O6S6. The molecular weight excluding hydrogens is 553 g/mol. The smallest absolute Gasteiger partial charge is 0.249 e. The molecule has 34 heavy (non-hydrogen) atoms. The van der Waals surface area contributed by atoms with Crippen LogP contribution in [0.25, 0.3) is 9.81 Å². The van der Waals surface area contributed by atoms with Crippen molar-refractivity contribution in [3.05, 3.63) is 104 Å². The molecule has 2 aliphatic rings. The Bertz CT molecular complexity index is 1410. The van der Waals surface area contributed by atoms with Crippen molar-refractivity contribution in [2.45, 2.75) is 0 Å². The van der Waals surface area contributed by atoms with Crippen LogP contribution in [0.15, 0.2) is 92.8 Å². The molecule has 0 saturated carbocycles. The van der Waals surface area contributed by atoms with Crippen molar-refractivity contribution in [3.63, 3.8) is 0 Å². The Balaban J connectivity index is 1.87. The van der Waals surface area contributed by atoms with E-state index in [0.29, 0.717) is 31.1 Å². The van der Waals surface area contributed by atoms with E-state index < -0.39 is 37.4 Å². The Kier molecular flexibility index (Phi) is 8.27. The van der Waals surface area contributed by atoms with E-state index in [2.05, 4.69) is 0 Å². The molecule has 4 rings (SSSR count). The summed E-state index contributed by atoms with van der Waals surface area (Å²) in [5, 5.41) is 3.22. The maximum absolute atomic E-state index is 12.1. The third kappa shape index (κ3) is 5.02. The molecule has 2 aromatic rings. The van der Waals surface area contributed by atoms with Crippen LogP contribution in [0.5, 0.6) is 0 Å². The molecule has 0 spiro atoms. The lowest BCUT2D eigenvalue weighted by atomic mass is 10.2. The van der Waals surface area contributed by atoms with E-state index in [0.717, 1.165) is 11.1 Å². The molecule has 12 heteroatoms. The molecule has 0 radical (unpaired) electrons. The van der Waals surface area contributed by atoms with Gasteiger partial charge in [-0.05, 0) is 51.6 Å². The van der Waals surface area contributed by atoms with Gasteiger partial charge in [0.1, 0.15) is 11.5 Å². The average molecular weight is 571 g/mol. The van der Waals surface area contributed by atoms with Crippen LogP contribution in [0.3, 0.4) is 0 Å². The molecule has 0 aromatic heterocycles. The van der Waals surface area contributed by atoms with Gasteiger partial charge in [0.25, 0.3) is 0 Å². The van der Waals surface area contributed by atoms with Crippen LogP contribution in [0.2, 0.25) is 0 Å². The quantitative estimate of drug-likeness (QED) is 0.433. The highest BCUT2D eigenvalue weighted by Crippen LogP contribution is 2.53. The molecule has 0 N–H and O–H groups in total. The summed E-state index contributed by atoms with van der Waals surface area (Å²) in [6, 6.07) is 18.6. The summed E-state index contributed by atoms with van der Waals surface area (Å²) in [5.74, 6) is 0.941. The minimum atomic E-state index is -2.36. The summed E-state index contributed by atoms with van der Waals surface area (Å²) in [5.41, 5.74) is 1.57. The minimum Gasteiger partial charge on any atom is -0.495 e. The molecule has 2 atom stereocenters. The zero-order valence-corrected chi connectivity index (χ0v) is 22.7. The van der Waals surface area contributed by atoms with Crippen LogP contribution < -0.4 is 0 Å². The van der Waals surface area contributed by atoms with Gasteiger partial charge in [-0.15, -0.1) is 0 Å². The van der Waals surface area contributed by atoms with E-state index >= 15 is 0 Å². The first kappa shape index (κ1) is 25.1. The second-order valence-electron chi connectivity index (χ2n) is 6.59. The lowest BCUT2D eigenvalue weighted by Crippen LogP contribution is -1.93. The van der Waals surface area contributed by atoms with Crippen molar-refractivity contribution < 1.29 is 26.3 Å². The van der Waals surface area contributed by atoms with Crippen LogP contribution in [0.1, 0.15) is 11.1 Å². The fourth-order valence-electron chi connectivity index (χ4n) is 3.24. The first-order chi connectivity index (χ1) is 16.5. The van der Waals surface area contributed by atoms with Gasteiger partial charge < -0.3 is 9.47 Å². The van der Waals surface area contributed by atoms with Crippen molar-refractivity contribution in [3.8, 4) is 0 Å². The Morgan fingerprint density at radius 2 is 0.971 bits per heavy atom. The van der Waals surface area contributed by atoms with Crippen molar-refractivity contribution in [2.75, 3.05) is 14.2 Å². The van der Waals surface area contributed by atoms with Crippen LogP contribution in [-0.2, 0) is 46.9 Å². The lowest BCUT2D eigenvalue weighted by Gasteiger charge is -2.13. The molecule has 2 unspecified atom stereocenters. The molecule has 2 aliphatic heterocycles. The Morgan fingerprint density at radius 3 is 1.26 bits per heavy atom. The molecule has 6 nitrogen and oxygen atoms in total. The number of methoxy groups -OCH3 is 2. The zero-order chi connectivity index (χ0) is 24.2.